The minimum Gasteiger partial charge on any atom is -0.0622 e. The summed E-state index contributed by atoms with van der Waals surface area (Å²) in [5, 5.41) is 5.24. The Hall–Kier alpha value is -4.94. The molecule has 8 rings (SSSR count). The van der Waals surface area contributed by atoms with Gasteiger partial charge in [-0.3, -0.25) is 0 Å². The Labute approximate surface area is 222 Å². The predicted molar refractivity (Wildman–Crippen MR) is 162 cm³/mol. The van der Waals surface area contributed by atoms with Gasteiger partial charge in [-0.2, -0.15) is 0 Å². The molecule has 0 unspecified atom stereocenters. The molecule has 1 aliphatic carbocycles. The van der Waals surface area contributed by atoms with Crippen molar-refractivity contribution in [3.63, 3.8) is 0 Å². The fourth-order valence-corrected chi connectivity index (χ4v) is 6.42. The van der Waals surface area contributed by atoms with E-state index in [-0.39, 0.29) is 0 Å². The number of rotatable bonds is 3. The molecule has 0 nitrogen and oxygen atoms in total. The van der Waals surface area contributed by atoms with E-state index in [0.29, 0.717) is 0 Å². The van der Waals surface area contributed by atoms with Gasteiger partial charge in [-0.05, 0) is 83.2 Å². The van der Waals surface area contributed by atoms with Crippen LogP contribution in [0.4, 0.5) is 0 Å². The van der Waals surface area contributed by atoms with Gasteiger partial charge in [0.1, 0.15) is 0 Å². The molecular formula is C38H24. The molecule has 0 spiro atoms. The summed E-state index contributed by atoms with van der Waals surface area (Å²) in [6, 6.07) is 53.1. The Morgan fingerprint density at radius 1 is 0.289 bits per heavy atom. The molecule has 0 atom stereocenters. The molecule has 0 saturated carbocycles. The van der Waals surface area contributed by atoms with Crippen molar-refractivity contribution >= 4 is 21.5 Å². The highest BCUT2D eigenvalue weighted by atomic mass is 14.3. The number of hydrogen-bond donors (Lipinski definition) is 0. The highest BCUT2D eigenvalue weighted by Gasteiger charge is 2.30. The average Bonchev–Trinajstić information content (AvgIpc) is 3.32. The fourth-order valence-electron chi connectivity index (χ4n) is 6.42. The van der Waals surface area contributed by atoms with Crippen molar-refractivity contribution in [2.45, 2.75) is 0 Å². The van der Waals surface area contributed by atoms with Crippen LogP contribution in [0.5, 0.6) is 0 Å². The third-order valence-electron chi connectivity index (χ3n) is 7.98. The van der Waals surface area contributed by atoms with Crippen molar-refractivity contribution in [1.82, 2.24) is 0 Å². The lowest BCUT2D eigenvalue weighted by Gasteiger charge is -2.20. The molecule has 176 valence electrons. The van der Waals surface area contributed by atoms with Gasteiger partial charge in [0.2, 0.25) is 0 Å². The molecule has 38 heavy (non-hydrogen) atoms. The van der Waals surface area contributed by atoms with Crippen molar-refractivity contribution in [3.8, 4) is 55.6 Å². The quantitative estimate of drug-likeness (QED) is 0.236. The lowest BCUT2D eigenvalue weighted by Crippen LogP contribution is -1.93. The van der Waals surface area contributed by atoms with Crippen LogP contribution >= 0.6 is 0 Å². The summed E-state index contributed by atoms with van der Waals surface area (Å²) >= 11 is 0. The second-order valence-electron chi connectivity index (χ2n) is 10.1. The molecule has 7 aromatic rings. The van der Waals surface area contributed by atoms with Crippen LogP contribution in [0.25, 0.3) is 77.2 Å². The first-order chi connectivity index (χ1) is 18.9. The van der Waals surface area contributed by atoms with Gasteiger partial charge >= 0.3 is 0 Å². The maximum Gasteiger partial charge on any atom is -0.000741 e. The highest BCUT2D eigenvalue weighted by Crippen LogP contribution is 2.57. The van der Waals surface area contributed by atoms with E-state index in [2.05, 4.69) is 146 Å². The van der Waals surface area contributed by atoms with Crippen LogP contribution in [0.15, 0.2) is 146 Å². The van der Waals surface area contributed by atoms with Crippen molar-refractivity contribution in [3.05, 3.63) is 146 Å². The van der Waals surface area contributed by atoms with Crippen LogP contribution in [-0.4, -0.2) is 0 Å². The second kappa shape index (κ2) is 8.30. The molecule has 0 bridgehead atoms. The minimum absolute atomic E-state index is 1.24. The van der Waals surface area contributed by atoms with E-state index < -0.39 is 0 Å². The van der Waals surface area contributed by atoms with E-state index in [1.807, 2.05) is 0 Å². The summed E-state index contributed by atoms with van der Waals surface area (Å²) in [4.78, 5) is 0. The smallest absolute Gasteiger partial charge is 0.000741 e. The Morgan fingerprint density at radius 2 is 0.763 bits per heavy atom. The van der Waals surface area contributed by atoms with Gasteiger partial charge in [-0.1, -0.05) is 140 Å². The largest absolute Gasteiger partial charge is 0.0622 e. The second-order valence-corrected chi connectivity index (χ2v) is 10.1. The van der Waals surface area contributed by atoms with Gasteiger partial charge in [0, 0.05) is 0 Å². The SMILES string of the molecule is c1ccc(-c2cccc(-c3c4c(c(-c5ccccc5)c5ccccc35)-c3cccc5cccc-4c35)c2)cc1. The van der Waals surface area contributed by atoms with E-state index in [9.17, 15) is 0 Å². The summed E-state index contributed by atoms with van der Waals surface area (Å²) in [6.07, 6.45) is 0. The summed E-state index contributed by atoms with van der Waals surface area (Å²) in [5.74, 6) is 0. The molecule has 0 amide bonds. The van der Waals surface area contributed by atoms with E-state index in [1.54, 1.807) is 0 Å². The number of fused-ring (bicyclic) bond motifs is 4. The third kappa shape index (κ3) is 3.04. The first-order valence-electron chi connectivity index (χ1n) is 13.2. The molecule has 7 aromatic carbocycles. The van der Waals surface area contributed by atoms with Crippen LogP contribution in [0, 0.1) is 0 Å². The maximum atomic E-state index is 2.36. The van der Waals surface area contributed by atoms with Crippen LogP contribution in [0.2, 0.25) is 0 Å². The highest BCUT2D eigenvalue weighted by molar-refractivity contribution is 6.27. The zero-order valence-electron chi connectivity index (χ0n) is 20.9. The Morgan fingerprint density at radius 3 is 1.39 bits per heavy atom. The van der Waals surface area contributed by atoms with E-state index in [1.165, 1.54) is 77.2 Å². The van der Waals surface area contributed by atoms with Crippen molar-refractivity contribution in [2.24, 2.45) is 0 Å². The molecule has 0 heteroatoms. The summed E-state index contributed by atoms with van der Waals surface area (Å²) in [5.41, 5.74) is 13.0. The first kappa shape index (κ1) is 21.2. The summed E-state index contributed by atoms with van der Waals surface area (Å²) in [6.45, 7) is 0. The van der Waals surface area contributed by atoms with Crippen LogP contribution < -0.4 is 0 Å². The zero-order valence-corrected chi connectivity index (χ0v) is 20.9. The maximum absolute atomic E-state index is 2.36. The van der Waals surface area contributed by atoms with E-state index in [4.69, 9.17) is 0 Å². The average molecular weight is 481 g/mol. The van der Waals surface area contributed by atoms with E-state index in [0.717, 1.165) is 0 Å². The standard InChI is InChI=1S/C38H24/c1-3-12-25(13-4-1)28-18-9-19-29(24-28)36-31-21-8-7-20-30(31)35(27-14-5-2-6-15-27)37-32-22-10-16-26-17-11-23-33(34(26)32)38(36)37/h1-24H. The molecule has 0 aliphatic heterocycles. The van der Waals surface area contributed by atoms with Gasteiger partial charge in [0.25, 0.3) is 0 Å². The topological polar surface area (TPSA) is 0 Å². The third-order valence-corrected chi connectivity index (χ3v) is 7.98. The summed E-state index contributed by atoms with van der Waals surface area (Å²) < 4.78 is 0. The minimum atomic E-state index is 1.24. The van der Waals surface area contributed by atoms with Gasteiger partial charge in [-0.25, -0.2) is 0 Å². The molecule has 0 heterocycles. The van der Waals surface area contributed by atoms with Crippen molar-refractivity contribution in [1.29, 1.82) is 0 Å². The summed E-state index contributed by atoms with van der Waals surface area (Å²) in [7, 11) is 0. The lowest BCUT2D eigenvalue weighted by atomic mass is 9.82. The Balaban J connectivity index is 1.56. The molecule has 0 N–H and O–H groups in total. The van der Waals surface area contributed by atoms with Crippen molar-refractivity contribution in [2.75, 3.05) is 0 Å². The lowest BCUT2D eigenvalue weighted by molar-refractivity contribution is 1.60. The van der Waals surface area contributed by atoms with Gasteiger partial charge < -0.3 is 0 Å². The zero-order chi connectivity index (χ0) is 25.1. The van der Waals surface area contributed by atoms with Gasteiger partial charge in [0.15, 0.2) is 0 Å². The normalized spacial score (nSPS) is 11.7. The molecule has 0 fully saturated rings. The van der Waals surface area contributed by atoms with Crippen molar-refractivity contribution < 1.29 is 0 Å². The van der Waals surface area contributed by atoms with Crippen LogP contribution in [-0.2, 0) is 0 Å². The van der Waals surface area contributed by atoms with Crippen LogP contribution in [0.3, 0.4) is 0 Å². The molecule has 0 radical (unpaired) electrons. The van der Waals surface area contributed by atoms with Crippen LogP contribution in [0.1, 0.15) is 0 Å². The molecule has 1 aliphatic rings. The number of benzene rings is 7. The van der Waals surface area contributed by atoms with Gasteiger partial charge in [-0.15, -0.1) is 0 Å². The predicted octanol–water partition coefficient (Wildman–Crippen LogP) is 10.6. The molecule has 0 aromatic heterocycles. The molecular weight excluding hydrogens is 456 g/mol. The van der Waals surface area contributed by atoms with Gasteiger partial charge in [0.05, 0.1) is 0 Å². The molecule has 0 saturated heterocycles. The first-order valence-corrected chi connectivity index (χ1v) is 13.2. The Kier molecular flexibility index (Phi) is 4.62. The fraction of sp³-hybridized carbons (Fsp3) is 0. The van der Waals surface area contributed by atoms with E-state index >= 15 is 0 Å². The monoisotopic (exact) mass is 480 g/mol. The number of hydrogen-bond acceptors (Lipinski definition) is 0. The Bertz CT molecular complexity index is 1990.